The Hall–Kier alpha value is -1.32. The van der Waals surface area contributed by atoms with Gasteiger partial charge in [0.2, 0.25) is 6.33 Å². The quantitative estimate of drug-likeness (QED) is 0.401. The SMILES string of the molecule is CCCCCCCC[n+]1ccn(CC)c1.O=C[O-]. The van der Waals surface area contributed by atoms with Crippen LogP contribution in [0.3, 0.4) is 0 Å². The van der Waals surface area contributed by atoms with E-state index >= 15 is 0 Å². The van der Waals surface area contributed by atoms with Crippen molar-refractivity contribution in [2.24, 2.45) is 0 Å². The van der Waals surface area contributed by atoms with E-state index in [-0.39, 0.29) is 0 Å². The molecule has 1 aromatic heterocycles. The summed E-state index contributed by atoms with van der Waals surface area (Å²) in [7, 11) is 0. The van der Waals surface area contributed by atoms with Crippen molar-refractivity contribution in [2.75, 3.05) is 0 Å². The van der Waals surface area contributed by atoms with Gasteiger partial charge in [0.15, 0.2) is 0 Å². The topological polar surface area (TPSA) is 48.9 Å². The monoisotopic (exact) mass is 254 g/mol. The molecule has 104 valence electrons. The molecular formula is C14H26N2O2. The van der Waals surface area contributed by atoms with E-state index in [0.29, 0.717) is 0 Å². The lowest BCUT2D eigenvalue weighted by molar-refractivity contribution is -0.696. The predicted molar refractivity (Wildman–Crippen MR) is 69.7 cm³/mol. The first-order valence-electron chi connectivity index (χ1n) is 6.88. The third-order valence-corrected chi connectivity index (χ3v) is 2.88. The summed E-state index contributed by atoms with van der Waals surface area (Å²) in [6.45, 7) is 6.20. The van der Waals surface area contributed by atoms with Crippen LogP contribution in [0, 0.1) is 0 Å². The lowest BCUT2D eigenvalue weighted by Gasteiger charge is -1.98. The second-order valence-electron chi connectivity index (χ2n) is 4.35. The van der Waals surface area contributed by atoms with Gasteiger partial charge in [0.25, 0.3) is 0 Å². The van der Waals surface area contributed by atoms with Crippen molar-refractivity contribution in [3.05, 3.63) is 18.7 Å². The van der Waals surface area contributed by atoms with Crippen LogP contribution in [0.1, 0.15) is 52.4 Å². The molecule has 1 rings (SSSR count). The van der Waals surface area contributed by atoms with Gasteiger partial charge >= 0.3 is 0 Å². The van der Waals surface area contributed by atoms with Crippen LogP contribution in [-0.4, -0.2) is 11.0 Å². The Labute approximate surface area is 110 Å². The van der Waals surface area contributed by atoms with Gasteiger partial charge in [0, 0.05) is 6.47 Å². The molecule has 0 aliphatic rings. The summed E-state index contributed by atoms with van der Waals surface area (Å²) in [6.07, 6.45) is 14.8. The summed E-state index contributed by atoms with van der Waals surface area (Å²) < 4.78 is 4.51. The first-order valence-corrected chi connectivity index (χ1v) is 6.88. The van der Waals surface area contributed by atoms with Crippen LogP contribution in [0.25, 0.3) is 0 Å². The molecule has 0 saturated carbocycles. The van der Waals surface area contributed by atoms with Gasteiger partial charge in [0.05, 0.1) is 13.1 Å². The molecule has 0 aromatic carbocycles. The molecule has 0 aliphatic heterocycles. The van der Waals surface area contributed by atoms with Gasteiger partial charge < -0.3 is 9.90 Å². The maximum absolute atomic E-state index is 8.25. The van der Waals surface area contributed by atoms with Gasteiger partial charge in [-0.1, -0.05) is 32.6 Å². The van der Waals surface area contributed by atoms with E-state index in [9.17, 15) is 0 Å². The molecule has 0 radical (unpaired) electrons. The minimum atomic E-state index is -0.500. The largest absolute Gasteiger partial charge is 0.554 e. The second-order valence-corrected chi connectivity index (χ2v) is 4.35. The van der Waals surface area contributed by atoms with Crippen molar-refractivity contribution in [3.8, 4) is 0 Å². The highest BCUT2D eigenvalue weighted by molar-refractivity contribution is 5.29. The van der Waals surface area contributed by atoms with Crippen molar-refractivity contribution >= 4 is 6.47 Å². The molecule has 0 unspecified atom stereocenters. The highest BCUT2D eigenvalue weighted by atomic mass is 16.3. The minimum Gasteiger partial charge on any atom is -0.554 e. The molecule has 0 amide bonds. The van der Waals surface area contributed by atoms with Crippen LogP contribution in [0.5, 0.6) is 0 Å². The summed E-state index contributed by atoms with van der Waals surface area (Å²) in [5.41, 5.74) is 0. The third-order valence-electron chi connectivity index (χ3n) is 2.88. The Morgan fingerprint density at radius 1 is 1.17 bits per heavy atom. The smallest absolute Gasteiger partial charge is 0.243 e. The van der Waals surface area contributed by atoms with Crippen molar-refractivity contribution in [1.29, 1.82) is 0 Å². The van der Waals surface area contributed by atoms with Crippen molar-refractivity contribution in [3.63, 3.8) is 0 Å². The molecule has 18 heavy (non-hydrogen) atoms. The van der Waals surface area contributed by atoms with E-state index in [1.54, 1.807) is 0 Å². The molecule has 0 saturated heterocycles. The maximum atomic E-state index is 8.25. The highest BCUT2D eigenvalue weighted by Gasteiger charge is 2.00. The number of aromatic nitrogens is 2. The van der Waals surface area contributed by atoms with Crippen LogP contribution < -0.4 is 9.67 Å². The number of hydrogen-bond acceptors (Lipinski definition) is 2. The third kappa shape index (κ3) is 8.79. The van der Waals surface area contributed by atoms with Crippen LogP contribution in [-0.2, 0) is 17.9 Å². The number of carbonyl (C=O) groups is 1. The highest BCUT2D eigenvalue weighted by Crippen LogP contribution is 2.04. The van der Waals surface area contributed by atoms with Gasteiger partial charge in [-0.15, -0.1) is 0 Å². The van der Waals surface area contributed by atoms with Crippen LogP contribution in [0.4, 0.5) is 0 Å². The number of carboxylic acid groups (broad SMARTS) is 1. The Kier molecular flexibility index (Phi) is 11.3. The van der Waals surface area contributed by atoms with E-state index in [4.69, 9.17) is 9.90 Å². The Morgan fingerprint density at radius 3 is 2.33 bits per heavy atom. The normalized spacial score (nSPS) is 9.67. The fourth-order valence-corrected chi connectivity index (χ4v) is 1.83. The zero-order chi connectivity index (χ0) is 13.6. The van der Waals surface area contributed by atoms with Gasteiger partial charge in [-0.3, -0.25) is 0 Å². The molecule has 0 N–H and O–H groups in total. The number of nitrogens with zero attached hydrogens (tertiary/aromatic N) is 2. The molecule has 0 spiro atoms. The molecular weight excluding hydrogens is 228 g/mol. The van der Waals surface area contributed by atoms with E-state index in [1.807, 2.05) is 0 Å². The number of rotatable bonds is 8. The van der Waals surface area contributed by atoms with E-state index in [0.717, 1.165) is 6.54 Å². The number of imidazole rings is 1. The van der Waals surface area contributed by atoms with E-state index in [1.165, 1.54) is 45.1 Å². The number of unbranched alkanes of at least 4 members (excludes halogenated alkanes) is 5. The Balaban J connectivity index is 0.000000873. The lowest BCUT2D eigenvalue weighted by atomic mass is 10.1. The first-order chi connectivity index (χ1) is 8.78. The van der Waals surface area contributed by atoms with Gasteiger partial charge in [-0.05, 0) is 19.8 Å². The fraction of sp³-hybridized carbons (Fsp3) is 0.714. The van der Waals surface area contributed by atoms with Crippen LogP contribution in [0.15, 0.2) is 18.7 Å². The standard InChI is InChI=1S/C13H25N2.CH2O2/c1-3-5-6-7-8-9-10-15-12-11-14(4-2)13-15;2-1-3/h11-13H,3-10H2,1-2H3;1H,(H,2,3)/q+1;/p-1. The Morgan fingerprint density at radius 2 is 1.78 bits per heavy atom. The lowest BCUT2D eigenvalue weighted by Crippen LogP contribution is -2.30. The second kappa shape index (κ2) is 12.1. The number of carbonyl (C=O) groups excluding carboxylic acids is 1. The zero-order valence-electron chi connectivity index (χ0n) is 11.7. The van der Waals surface area contributed by atoms with Crippen molar-refractivity contribution in [2.45, 2.75) is 65.5 Å². The van der Waals surface area contributed by atoms with Crippen molar-refractivity contribution in [1.82, 2.24) is 4.57 Å². The molecule has 0 aliphatic carbocycles. The molecule has 4 heteroatoms. The summed E-state index contributed by atoms with van der Waals surface area (Å²) in [6, 6.07) is 0. The average Bonchev–Trinajstić information content (AvgIpc) is 2.82. The zero-order valence-corrected chi connectivity index (χ0v) is 11.7. The summed E-state index contributed by atoms with van der Waals surface area (Å²) in [4.78, 5) is 8.25. The summed E-state index contributed by atoms with van der Waals surface area (Å²) >= 11 is 0. The van der Waals surface area contributed by atoms with E-state index < -0.39 is 6.47 Å². The molecule has 0 fully saturated rings. The first kappa shape index (κ1) is 16.7. The summed E-state index contributed by atoms with van der Waals surface area (Å²) in [5.74, 6) is 0. The van der Waals surface area contributed by atoms with Crippen LogP contribution in [0.2, 0.25) is 0 Å². The molecule has 1 aromatic rings. The number of aryl methyl sites for hydroxylation is 2. The molecule has 4 nitrogen and oxygen atoms in total. The number of hydrogen-bond donors (Lipinski definition) is 0. The Bertz CT molecular complexity index is 298. The molecule has 1 heterocycles. The van der Waals surface area contributed by atoms with Crippen LogP contribution >= 0.6 is 0 Å². The minimum absolute atomic E-state index is 0.500. The van der Waals surface area contributed by atoms with E-state index in [2.05, 4.69) is 41.7 Å². The average molecular weight is 254 g/mol. The maximum Gasteiger partial charge on any atom is 0.243 e. The summed E-state index contributed by atoms with van der Waals surface area (Å²) in [5, 5.41) is 8.25. The predicted octanol–water partition coefficient (Wildman–Crippen LogP) is 1.52. The van der Waals surface area contributed by atoms with Crippen molar-refractivity contribution < 1.29 is 14.5 Å². The molecule has 0 bridgehead atoms. The van der Waals surface area contributed by atoms with Gasteiger partial charge in [-0.25, -0.2) is 9.13 Å². The fourth-order valence-electron chi connectivity index (χ4n) is 1.83. The molecule has 0 atom stereocenters. The van der Waals surface area contributed by atoms with Gasteiger partial charge in [0.1, 0.15) is 12.4 Å². The van der Waals surface area contributed by atoms with Gasteiger partial charge in [-0.2, -0.15) is 0 Å².